The average Bonchev–Trinajstić information content (AvgIpc) is 2.71. The van der Waals surface area contributed by atoms with Gasteiger partial charge in [-0.2, -0.15) is 0 Å². The molecule has 0 aromatic rings. The summed E-state index contributed by atoms with van der Waals surface area (Å²) in [6, 6.07) is -0.614. The Hall–Kier alpha value is -2.18. The standard InChI is InChI=1S/C15H21N3O4/c1-9(2)7-16-15(22)17-12(19)8-18-13(20)10-5-3-4-6-11(10)14(18)21/h3-4,9-11H,5-8H2,1-2H3,(H2,16,17,19,22)/t10-,11+. The van der Waals surface area contributed by atoms with Gasteiger partial charge in [0.05, 0.1) is 11.8 Å². The molecule has 1 fully saturated rings. The summed E-state index contributed by atoms with van der Waals surface area (Å²) in [6.45, 7) is 3.90. The molecule has 2 atom stereocenters. The zero-order chi connectivity index (χ0) is 16.3. The molecule has 2 aliphatic rings. The van der Waals surface area contributed by atoms with Gasteiger partial charge < -0.3 is 5.32 Å². The Kier molecular flexibility index (Phi) is 4.95. The van der Waals surface area contributed by atoms with Gasteiger partial charge in [-0.15, -0.1) is 0 Å². The number of carbonyl (C=O) groups excluding carboxylic acids is 4. The van der Waals surface area contributed by atoms with Crippen molar-refractivity contribution in [1.82, 2.24) is 15.5 Å². The lowest BCUT2D eigenvalue weighted by Gasteiger charge is -2.14. The molecule has 1 saturated heterocycles. The molecule has 0 unspecified atom stereocenters. The highest BCUT2D eigenvalue weighted by molar-refractivity contribution is 6.08. The van der Waals surface area contributed by atoms with Crippen molar-refractivity contribution < 1.29 is 19.2 Å². The Morgan fingerprint density at radius 2 is 1.73 bits per heavy atom. The smallest absolute Gasteiger partial charge is 0.321 e. The van der Waals surface area contributed by atoms with Gasteiger partial charge in [-0.25, -0.2) is 4.79 Å². The van der Waals surface area contributed by atoms with E-state index >= 15 is 0 Å². The van der Waals surface area contributed by atoms with E-state index in [0.717, 1.165) is 4.90 Å². The van der Waals surface area contributed by atoms with Gasteiger partial charge in [0.25, 0.3) is 0 Å². The molecule has 2 rings (SSSR count). The predicted octanol–water partition coefficient (Wildman–Crippen LogP) is 0.419. The lowest BCUT2D eigenvalue weighted by Crippen LogP contribution is -2.46. The lowest BCUT2D eigenvalue weighted by atomic mass is 9.85. The number of likely N-dealkylation sites (tertiary alicyclic amines) is 1. The third-order valence-electron chi connectivity index (χ3n) is 3.82. The van der Waals surface area contributed by atoms with Crippen LogP contribution in [0.25, 0.3) is 0 Å². The average molecular weight is 307 g/mol. The fraction of sp³-hybridized carbons (Fsp3) is 0.600. The Bertz CT molecular complexity index is 501. The zero-order valence-electron chi connectivity index (χ0n) is 12.8. The van der Waals surface area contributed by atoms with Crippen molar-refractivity contribution in [2.75, 3.05) is 13.1 Å². The number of amides is 5. The van der Waals surface area contributed by atoms with E-state index in [9.17, 15) is 19.2 Å². The molecule has 0 spiro atoms. The number of imide groups is 2. The highest BCUT2D eigenvalue weighted by atomic mass is 16.2. The van der Waals surface area contributed by atoms with Gasteiger partial charge in [0.2, 0.25) is 17.7 Å². The first-order chi connectivity index (χ1) is 10.4. The van der Waals surface area contributed by atoms with Crippen molar-refractivity contribution in [3.05, 3.63) is 12.2 Å². The number of hydrogen-bond acceptors (Lipinski definition) is 4. The van der Waals surface area contributed by atoms with Crippen LogP contribution in [0.5, 0.6) is 0 Å². The van der Waals surface area contributed by atoms with E-state index in [0.29, 0.717) is 19.4 Å². The maximum absolute atomic E-state index is 12.2. The van der Waals surface area contributed by atoms with Crippen LogP contribution >= 0.6 is 0 Å². The Morgan fingerprint density at radius 1 is 1.18 bits per heavy atom. The highest BCUT2D eigenvalue weighted by Crippen LogP contribution is 2.34. The van der Waals surface area contributed by atoms with Crippen molar-refractivity contribution >= 4 is 23.8 Å². The number of nitrogens with one attached hydrogen (secondary N) is 2. The largest absolute Gasteiger partial charge is 0.338 e. The number of rotatable bonds is 4. The Balaban J connectivity index is 1.88. The van der Waals surface area contributed by atoms with E-state index in [1.807, 2.05) is 26.0 Å². The second-order valence-corrected chi connectivity index (χ2v) is 6.07. The number of nitrogens with zero attached hydrogens (tertiary/aromatic N) is 1. The monoisotopic (exact) mass is 307 g/mol. The van der Waals surface area contributed by atoms with E-state index in [2.05, 4.69) is 10.6 Å². The fourth-order valence-corrected chi connectivity index (χ4v) is 2.68. The molecule has 7 nitrogen and oxygen atoms in total. The molecular weight excluding hydrogens is 286 g/mol. The van der Waals surface area contributed by atoms with Crippen LogP contribution in [0.3, 0.4) is 0 Å². The second-order valence-electron chi connectivity index (χ2n) is 6.07. The van der Waals surface area contributed by atoms with Crippen molar-refractivity contribution in [2.45, 2.75) is 26.7 Å². The van der Waals surface area contributed by atoms with Gasteiger partial charge in [-0.3, -0.25) is 24.6 Å². The molecule has 7 heteroatoms. The highest BCUT2D eigenvalue weighted by Gasteiger charge is 2.47. The van der Waals surface area contributed by atoms with E-state index in [-0.39, 0.29) is 29.6 Å². The number of urea groups is 1. The molecule has 0 aromatic carbocycles. The topological polar surface area (TPSA) is 95.6 Å². The normalized spacial score (nSPS) is 23.7. The molecule has 0 saturated carbocycles. The Morgan fingerprint density at radius 3 is 2.23 bits per heavy atom. The molecule has 22 heavy (non-hydrogen) atoms. The van der Waals surface area contributed by atoms with Crippen molar-refractivity contribution in [1.29, 1.82) is 0 Å². The minimum atomic E-state index is -0.658. The molecular formula is C15H21N3O4. The first kappa shape index (κ1) is 16.2. The van der Waals surface area contributed by atoms with Crippen LogP contribution in [-0.2, 0) is 14.4 Å². The number of carbonyl (C=O) groups is 4. The van der Waals surface area contributed by atoms with Gasteiger partial charge >= 0.3 is 6.03 Å². The Labute approximate surface area is 129 Å². The van der Waals surface area contributed by atoms with Gasteiger partial charge in [0.15, 0.2) is 0 Å². The third-order valence-corrected chi connectivity index (χ3v) is 3.82. The summed E-state index contributed by atoms with van der Waals surface area (Å²) in [7, 11) is 0. The summed E-state index contributed by atoms with van der Waals surface area (Å²) in [4.78, 5) is 48.6. The van der Waals surface area contributed by atoms with E-state index in [1.54, 1.807) is 0 Å². The van der Waals surface area contributed by atoms with E-state index in [1.165, 1.54) is 0 Å². The molecule has 120 valence electrons. The van der Waals surface area contributed by atoms with Crippen molar-refractivity contribution in [2.24, 2.45) is 17.8 Å². The number of allylic oxidation sites excluding steroid dienone is 2. The van der Waals surface area contributed by atoms with Crippen LogP contribution in [0, 0.1) is 17.8 Å². The van der Waals surface area contributed by atoms with Gasteiger partial charge in [0.1, 0.15) is 6.54 Å². The minimum Gasteiger partial charge on any atom is -0.338 e. The van der Waals surface area contributed by atoms with Crippen molar-refractivity contribution in [3.63, 3.8) is 0 Å². The first-order valence-corrected chi connectivity index (χ1v) is 7.48. The van der Waals surface area contributed by atoms with E-state index in [4.69, 9.17) is 0 Å². The summed E-state index contributed by atoms with van der Waals surface area (Å²) >= 11 is 0. The molecule has 0 radical (unpaired) electrons. The number of fused-ring (bicyclic) bond motifs is 1. The van der Waals surface area contributed by atoms with Crippen LogP contribution in [0.4, 0.5) is 4.79 Å². The summed E-state index contributed by atoms with van der Waals surface area (Å²) < 4.78 is 0. The first-order valence-electron chi connectivity index (χ1n) is 7.48. The van der Waals surface area contributed by atoms with Crippen molar-refractivity contribution in [3.8, 4) is 0 Å². The van der Waals surface area contributed by atoms with Crippen LogP contribution in [-0.4, -0.2) is 41.7 Å². The molecule has 2 N–H and O–H groups in total. The molecule has 5 amide bonds. The molecule has 0 aromatic heterocycles. The summed E-state index contributed by atoms with van der Waals surface area (Å²) in [6.07, 6.45) is 4.83. The second kappa shape index (κ2) is 6.72. The summed E-state index contributed by atoms with van der Waals surface area (Å²) in [5.41, 5.74) is 0. The van der Waals surface area contributed by atoms with Crippen LogP contribution in [0.15, 0.2) is 12.2 Å². The zero-order valence-corrected chi connectivity index (χ0v) is 12.8. The van der Waals surface area contributed by atoms with E-state index < -0.39 is 18.5 Å². The quantitative estimate of drug-likeness (QED) is 0.581. The third kappa shape index (κ3) is 3.52. The van der Waals surface area contributed by atoms with Crippen LogP contribution in [0.2, 0.25) is 0 Å². The number of hydrogen-bond donors (Lipinski definition) is 2. The van der Waals surface area contributed by atoms with Gasteiger partial charge in [-0.1, -0.05) is 26.0 Å². The van der Waals surface area contributed by atoms with Gasteiger partial charge in [0, 0.05) is 6.54 Å². The van der Waals surface area contributed by atoms with Crippen LogP contribution in [0.1, 0.15) is 26.7 Å². The van der Waals surface area contributed by atoms with Gasteiger partial charge in [-0.05, 0) is 18.8 Å². The molecule has 0 bridgehead atoms. The molecule has 1 aliphatic carbocycles. The minimum absolute atomic E-state index is 0.262. The SMILES string of the molecule is CC(C)CNC(=O)NC(=O)CN1C(=O)[C@H]2CC=CC[C@H]2C1=O. The fourth-order valence-electron chi connectivity index (χ4n) is 2.68. The lowest BCUT2D eigenvalue weighted by molar-refractivity contribution is -0.143. The maximum atomic E-state index is 12.2. The maximum Gasteiger partial charge on any atom is 0.321 e. The molecule has 1 heterocycles. The predicted molar refractivity (Wildman–Crippen MR) is 78.5 cm³/mol. The summed E-state index contributed by atoms with van der Waals surface area (Å²) in [5, 5.41) is 4.67. The molecule has 1 aliphatic heterocycles. The van der Waals surface area contributed by atoms with Crippen LogP contribution < -0.4 is 10.6 Å². The summed E-state index contributed by atoms with van der Waals surface area (Å²) in [5.74, 6) is -1.76.